The lowest BCUT2D eigenvalue weighted by Crippen LogP contribution is -2.55. The molecule has 0 spiro atoms. The average Bonchev–Trinajstić information content (AvgIpc) is 2.97. The van der Waals surface area contributed by atoms with Crippen LogP contribution in [0.3, 0.4) is 0 Å². The highest BCUT2D eigenvalue weighted by molar-refractivity contribution is 6.33. The second kappa shape index (κ2) is 12.7. The van der Waals surface area contributed by atoms with E-state index in [9.17, 15) is 19.2 Å². The highest BCUT2D eigenvalue weighted by Gasteiger charge is 2.32. The number of carbonyl (C=O) groups excluding carboxylic acids is 1. The number of rotatable bonds is 6. The molecule has 1 aromatic carbocycles. The molecule has 0 N–H and O–H groups in total. The second-order valence-corrected chi connectivity index (χ2v) is 10.8. The number of hydrogen-bond acceptors (Lipinski definition) is 7. The van der Waals surface area contributed by atoms with E-state index < -0.39 is 17.5 Å². The molecule has 43 heavy (non-hydrogen) atoms. The molecule has 4 aromatic rings. The Bertz CT molecular complexity index is 1810. The summed E-state index contributed by atoms with van der Waals surface area (Å²) in [5, 5.41) is 10.1. The zero-order valence-corrected chi connectivity index (χ0v) is 24.3. The summed E-state index contributed by atoms with van der Waals surface area (Å²) in [7, 11) is 0. The largest absolute Gasteiger partial charge is 0.355 e. The number of nitriles is 1. The number of halogens is 2. The maximum atomic E-state index is 14.9. The Morgan fingerprint density at radius 3 is 2.67 bits per heavy atom. The fraction of sp³-hybridized carbons (Fsp3) is 0.312. The van der Waals surface area contributed by atoms with Crippen molar-refractivity contribution in [1.29, 1.82) is 5.26 Å². The lowest BCUT2D eigenvalue weighted by Gasteiger charge is -2.41. The summed E-state index contributed by atoms with van der Waals surface area (Å²) in [6.45, 7) is 10.3. The van der Waals surface area contributed by atoms with E-state index in [2.05, 4.69) is 22.6 Å². The smallest absolute Gasteiger partial charge is 0.352 e. The van der Waals surface area contributed by atoms with E-state index >= 15 is 0 Å². The van der Waals surface area contributed by atoms with Gasteiger partial charge in [-0.1, -0.05) is 51.6 Å². The van der Waals surface area contributed by atoms with Gasteiger partial charge in [-0.05, 0) is 48.7 Å². The Labute approximate surface area is 254 Å². The first-order valence-electron chi connectivity index (χ1n) is 13.5. The minimum absolute atomic E-state index is 0. The molecular weight excluding hydrogens is 569 g/mol. The summed E-state index contributed by atoms with van der Waals surface area (Å²) in [4.78, 5) is 43.8. The number of carbonyl (C=O) groups is 1. The zero-order valence-electron chi connectivity index (χ0n) is 23.5. The van der Waals surface area contributed by atoms with E-state index in [1.165, 1.54) is 16.7 Å². The first kappa shape index (κ1) is 31.3. The van der Waals surface area contributed by atoms with Crippen molar-refractivity contribution >= 4 is 34.4 Å². The Morgan fingerprint density at radius 2 is 2.00 bits per heavy atom. The fourth-order valence-corrected chi connectivity index (χ4v) is 5.66. The number of nitrogens with zero attached hydrogens (tertiary/aromatic N) is 7. The molecule has 5 rings (SSSR count). The van der Waals surface area contributed by atoms with Crippen molar-refractivity contribution in [3.05, 3.63) is 87.8 Å². The number of anilines is 1. The molecule has 9 nitrogen and oxygen atoms in total. The minimum Gasteiger partial charge on any atom is -0.352 e. The maximum absolute atomic E-state index is 14.9. The van der Waals surface area contributed by atoms with Gasteiger partial charge in [0.05, 0.1) is 46.0 Å². The number of aryl methyl sites for hydroxylation is 1. The standard InChI is InChI=1S/C31H29ClFN7O2.CH4/c1-5-25(41)39-15-14-38(17-20(39)10-12-34)29-22-16-23(32)27(21-8-6-7-9-24(21)33)36-30(22)40(31(42)37-29)28-19(4)11-13-35-26(28)18(2)3;/h5-9,11,13,16,18,20H,1,10,14-15,17H2,2-4H3;1H4. The van der Waals surface area contributed by atoms with Gasteiger partial charge in [0.25, 0.3) is 0 Å². The summed E-state index contributed by atoms with van der Waals surface area (Å²) in [5.41, 5.74) is 2.06. The van der Waals surface area contributed by atoms with Gasteiger partial charge in [0.15, 0.2) is 5.65 Å². The SMILES string of the molecule is C.C=CC(=O)N1CCN(c2nc(=O)n(-c3c(C)ccnc3C(C)C)c3nc(-c4ccccc4F)c(Cl)cc23)CC1CC#N. The van der Waals surface area contributed by atoms with Crippen molar-refractivity contribution < 1.29 is 9.18 Å². The molecule has 222 valence electrons. The lowest BCUT2D eigenvalue weighted by atomic mass is 10.0. The third-order valence-corrected chi connectivity index (χ3v) is 7.71. The Balaban J connectivity index is 0.00000423. The molecule has 0 saturated carbocycles. The van der Waals surface area contributed by atoms with Crippen molar-refractivity contribution in [2.45, 2.75) is 46.6 Å². The summed E-state index contributed by atoms with van der Waals surface area (Å²) in [5.74, 6) is -0.475. The molecule has 1 atom stereocenters. The van der Waals surface area contributed by atoms with Crippen LogP contribution < -0.4 is 10.6 Å². The van der Waals surface area contributed by atoms with Crippen molar-refractivity contribution in [2.24, 2.45) is 0 Å². The van der Waals surface area contributed by atoms with E-state index in [0.717, 1.165) is 5.56 Å². The zero-order chi connectivity index (χ0) is 30.1. The number of hydrogen-bond donors (Lipinski definition) is 0. The second-order valence-electron chi connectivity index (χ2n) is 10.4. The molecule has 0 aliphatic carbocycles. The van der Waals surface area contributed by atoms with E-state index in [0.29, 0.717) is 35.7 Å². The molecule has 3 aromatic heterocycles. The molecule has 0 radical (unpaired) electrons. The number of fused-ring (bicyclic) bond motifs is 1. The van der Waals surface area contributed by atoms with Crippen LogP contribution in [0, 0.1) is 24.1 Å². The fourth-order valence-electron chi connectivity index (χ4n) is 5.41. The van der Waals surface area contributed by atoms with Crippen LogP contribution in [-0.4, -0.2) is 56.0 Å². The summed E-state index contributed by atoms with van der Waals surface area (Å²) in [6, 6.07) is 11.3. The third kappa shape index (κ3) is 5.73. The van der Waals surface area contributed by atoms with Crippen molar-refractivity contribution in [1.82, 2.24) is 24.4 Å². The molecule has 1 unspecified atom stereocenters. The normalized spacial score (nSPS) is 14.9. The van der Waals surface area contributed by atoms with Gasteiger partial charge in [0.1, 0.15) is 11.6 Å². The molecule has 1 fully saturated rings. The van der Waals surface area contributed by atoms with Crippen molar-refractivity contribution in [3.63, 3.8) is 0 Å². The third-order valence-electron chi connectivity index (χ3n) is 7.42. The summed E-state index contributed by atoms with van der Waals surface area (Å²) in [6.07, 6.45) is 3.01. The molecule has 1 amide bonds. The highest BCUT2D eigenvalue weighted by atomic mass is 35.5. The van der Waals surface area contributed by atoms with Crippen LogP contribution in [0.5, 0.6) is 0 Å². The molecule has 1 aliphatic rings. The van der Waals surface area contributed by atoms with Gasteiger partial charge in [-0.2, -0.15) is 10.2 Å². The number of amides is 1. The molecular formula is C32H33ClFN7O2. The van der Waals surface area contributed by atoms with E-state index in [1.54, 1.807) is 35.4 Å². The number of piperazine rings is 1. The molecule has 0 bridgehead atoms. The van der Waals surface area contributed by atoms with Crippen LogP contribution in [-0.2, 0) is 4.79 Å². The summed E-state index contributed by atoms with van der Waals surface area (Å²) >= 11 is 6.75. The number of aromatic nitrogens is 4. The first-order chi connectivity index (χ1) is 20.2. The number of pyridine rings is 2. The predicted molar refractivity (Wildman–Crippen MR) is 167 cm³/mol. The van der Waals surface area contributed by atoms with Gasteiger partial charge in [0.2, 0.25) is 5.91 Å². The first-order valence-corrected chi connectivity index (χ1v) is 13.9. The van der Waals surface area contributed by atoms with Gasteiger partial charge in [-0.15, -0.1) is 0 Å². The highest BCUT2D eigenvalue weighted by Crippen LogP contribution is 2.36. The number of benzene rings is 1. The minimum atomic E-state index is -0.591. The van der Waals surface area contributed by atoms with Gasteiger partial charge in [0, 0.05) is 31.4 Å². The van der Waals surface area contributed by atoms with Crippen LogP contribution in [0.2, 0.25) is 5.02 Å². The molecule has 1 saturated heterocycles. The average molecular weight is 602 g/mol. The van der Waals surface area contributed by atoms with Crippen LogP contribution in [0.1, 0.15) is 44.9 Å². The Morgan fingerprint density at radius 1 is 1.26 bits per heavy atom. The molecule has 1 aliphatic heterocycles. The topological polar surface area (TPSA) is 108 Å². The van der Waals surface area contributed by atoms with E-state index in [-0.39, 0.29) is 54.1 Å². The summed E-state index contributed by atoms with van der Waals surface area (Å²) < 4.78 is 16.4. The van der Waals surface area contributed by atoms with E-state index in [4.69, 9.17) is 16.6 Å². The lowest BCUT2D eigenvalue weighted by molar-refractivity contribution is -0.128. The van der Waals surface area contributed by atoms with Gasteiger partial charge in [-0.25, -0.2) is 18.7 Å². The molecule has 4 heterocycles. The molecule has 11 heteroatoms. The maximum Gasteiger partial charge on any atom is 0.355 e. The monoisotopic (exact) mass is 601 g/mol. The van der Waals surface area contributed by atoms with Crippen LogP contribution in [0.4, 0.5) is 10.2 Å². The van der Waals surface area contributed by atoms with Crippen molar-refractivity contribution in [3.8, 4) is 23.0 Å². The Kier molecular flexibility index (Phi) is 9.26. The Hall–Kier alpha value is -4.62. The predicted octanol–water partition coefficient (Wildman–Crippen LogP) is 5.82. The van der Waals surface area contributed by atoms with Gasteiger partial charge in [-0.3, -0.25) is 9.78 Å². The van der Waals surface area contributed by atoms with E-state index in [1.807, 2.05) is 31.7 Å². The van der Waals surface area contributed by atoms with Crippen LogP contribution in [0.25, 0.3) is 28.0 Å². The van der Waals surface area contributed by atoms with Gasteiger partial charge >= 0.3 is 5.69 Å². The van der Waals surface area contributed by atoms with Crippen molar-refractivity contribution in [2.75, 3.05) is 24.5 Å². The van der Waals surface area contributed by atoms with Crippen LogP contribution in [0.15, 0.2) is 60.0 Å². The van der Waals surface area contributed by atoms with Gasteiger partial charge < -0.3 is 9.80 Å². The quantitative estimate of drug-likeness (QED) is 0.256. The van der Waals surface area contributed by atoms with Crippen LogP contribution >= 0.6 is 11.6 Å².